The van der Waals surface area contributed by atoms with Crippen LogP contribution in [0.1, 0.15) is 25.6 Å². The van der Waals surface area contributed by atoms with Crippen molar-refractivity contribution in [2.24, 2.45) is 5.73 Å². The highest BCUT2D eigenvalue weighted by Crippen LogP contribution is 2.12. The van der Waals surface area contributed by atoms with Crippen LogP contribution in [0.3, 0.4) is 0 Å². The maximum atomic E-state index is 11.6. The lowest BCUT2D eigenvalue weighted by Crippen LogP contribution is -2.47. The molecule has 0 aliphatic heterocycles. The van der Waals surface area contributed by atoms with Crippen LogP contribution in [0, 0.1) is 0 Å². The molecule has 1 heterocycles. The fourth-order valence-electron chi connectivity index (χ4n) is 1.30. The average molecular weight is 270 g/mol. The van der Waals surface area contributed by atoms with Gasteiger partial charge in [0.1, 0.15) is 11.6 Å². The molecule has 6 heteroatoms. The summed E-state index contributed by atoms with van der Waals surface area (Å²) in [4.78, 5) is 23.8. The minimum Gasteiger partial charge on any atom is -0.444 e. The van der Waals surface area contributed by atoms with Gasteiger partial charge >= 0.3 is 6.09 Å². The van der Waals surface area contributed by atoms with Crippen LogP contribution in [-0.4, -0.2) is 23.6 Å². The highest BCUT2D eigenvalue weighted by molar-refractivity contribution is 7.09. The summed E-state index contributed by atoms with van der Waals surface area (Å²) < 4.78 is 5.08. The maximum absolute atomic E-state index is 11.6. The molecular weight excluding hydrogens is 252 g/mol. The molecule has 0 saturated carbocycles. The molecule has 1 aromatic heterocycles. The second-order valence-electron chi connectivity index (χ2n) is 4.88. The highest BCUT2D eigenvalue weighted by atomic mass is 32.1. The van der Waals surface area contributed by atoms with E-state index >= 15 is 0 Å². The number of alkyl carbamates (subject to hydrolysis) is 1. The number of hydrogen-bond donors (Lipinski definition) is 2. The molecule has 5 nitrogen and oxygen atoms in total. The Balaban J connectivity index is 2.58. The van der Waals surface area contributed by atoms with Crippen LogP contribution in [0.25, 0.3) is 0 Å². The molecule has 0 bridgehead atoms. The van der Waals surface area contributed by atoms with Crippen molar-refractivity contribution in [3.8, 4) is 0 Å². The van der Waals surface area contributed by atoms with E-state index in [1.807, 2.05) is 17.5 Å². The van der Waals surface area contributed by atoms with E-state index in [0.29, 0.717) is 6.42 Å². The van der Waals surface area contributed by atoms with Gasteiger partial charge in [0.2, 0.25) is 5.91 Å². The fraction of sp³-hybridized carbons (Fsp3) is 0.500. The van der Waals surface area contributed by atoms with E-state index in [1.165, 1.54) is 11.3 Å². The normalized spacial score (nSPS) is 12.8. The second-order valence-corrected chi connectivity index (χ2v) is 5.92. The Morgan fingerprint density at radius 2 is 2.17 bits per heavy atom. The second kappa shape index (κ2) is 5.86. The van der Waals surface area contributed by atoms with Crippen molar-refractivity contribution in [3.63, 3.8) is 0 Å². The molecule has 18 heavy (non-hydrogen) atoms. The molecule has 1 aromatic rings. The number of rotatable bonds is 4. The Hall–Kier alpha value is -1.56. The van der Waals surface area contributed by atoms with Crippen molar-refractivity contribution in [2.45, 2.75) is 38.8 Å². The molecule has 0 radical (unpaired) electrons. The lowest BCUT2D eigenvalue weighted by atomic mass is 10.1. The number of amides is 2. The Morgan fingerprint density at radius 1 is 1.50 bits per heavy atom. The minimum atomic E-state index is -0.751. The smallest absolute Gasteiger partial charge is 0.408 e. The third kappa shape index (κ3) is 5.18. The molecule has 0 spiro atoms. The Bertz CT molecular complexity index is 409. The van der Waals surface area contributed by atoms with Crippen molar-refractivity contribution in [3.05, 3.63) is 22.4 Å². The summed E-state index contributed by atoms with van der Waals surface area (Å²) in [7, 11) is 0. The van der Waals surface area contributed by atoms with Crippen molar-refractivity contribution in [1.82, 2.24) is 5.32 Å². The lowest BCUT2D eigenvalue weighted by Gasteiger charge is -2.22. The minimum absolute atomic E-state index is 0.381. The van der Waals surface area contributed by atoms with Gasteiger partial charge in [-0.3, -0.25) is 4.79 Å². The largest absolute Gasteiger partial charge is 0.444 e. The van der Waals surface area contributed by atoms with Gasteiger partial charge in [0.25, 0.3) is 0 Å². The van der Waals surface area contributed by atoms with Gasteiger partial charge < -0.3 is 15.8 Å². The molecular formula is C12H18N2O3S. The number of ether oxygens (including phenoxy) is 1. The highest BCUT2D eigenvalue weighted by Gasteiger charge is 2.23. The van der Waals surface area contributed by atoms with Crippen LogP contribution >= 0.6 is 11.3 Å². The van der Waals surface area contributed by atoms with Gasteiger partial charge in [-0.2, -0.15) is 0 Å². The third-order valence-corrected chi connectivity index (χ3v) is 2.92. The number of primary amides is 1. The fourth-order valence-corrected chi connectivity index (χ4v) is 2.05. The zero-order valence-electron chi connectivity index (χ0n) is 10.7. The van der Waals surface area contributed by atoms with Crippen molar-refractivity contribution >= 4 is 23.3 Å². The Morgan fingerprint density at radius 3 is 2.61 bits per heavy atom. The van der Waals surface area contributed by atoms with Gasteiger partial charge in [-0.25, -0.2) is 4.79 Å². The molecule has 0 fully saturated rings. The van der Waals surface area contributed by atoms with Crippen LogP contribution in [-0.2, 0) is 16.0 Å². The predicted molar refractivity (Wildman–Crippen MR) is 70.4 cm³/mol. The summed E-state index contributed by atoms with van der Waals surface area (Å²) in [5, 5.41) is 4.39. The van der Waals surface area contributed by atoms with Gasteiger partial charge in [-0.05, 0) is 32.2 Å². The topological polar surface area (TPSA) is 81.4 Å². The predicted octanol–water partition coefficient (Wildman–Crippen LogP) is 1.67. The molecule has 2 amide bonds. The van der Waals surface area contributed by atoms with Gasteiger partial charge in [-0.1, -0.05) is 6.07 Å². The number of thiophene rings is 1. The van der Waals surface area contributed by atoms with Crippen LogP contribution in [0.2, 0.25) is 0 Å². The summed E-state index contributed by atoms with van der Waals surface area (Å²) in [6.45, 7) is 5.27. The van der Waals surface area contributed by atoms with Gasteiger partial charge in [0.15, 0.2) is 0 Å². The number of carbonyl (C=O) groups excluding carboxylic acids is 2. The quantitative estimate of drug-likeness (QED) is 0.873. The third-order valence-electron chi connectivity index (χ3n) is 2.02. The van der Waals surface area contributed by atoms with Crippen molar-refractivity contribution in [2.75, 3.05) is 0 Å². The summed E-state index contributed by atoms with van der Waals surface area (Å²) in [5.74, 6) is -0.575. The molecule has 3 N–H and O–H groups in total. The van der Waals surface area contributed by atoms with Crippen LogP contribution in [0.5, 0.6) is 0 Å². The van der Waals surface area contributed by atoms with Gasteiger partial charge in [-0.15, -0.1) is 11.3 Å². The summed E-state index contributed by atoms with van der Waals surface area (Å²) in [5.41, 5.74) is 4.66. The van der Waals surface area contributed by atoms with E-state index in [2.05, 4.69) is 5.32 Å². The first-order valence-electron chi connectivity index (χ1n) is 5.59. The molecule has 0 aliphatic rings. The number of nitrogens with two attached hydrogens (primary N) is 1. The van der Waals surface area contributed by atoms with E-state index in [1.54, 1.807) is 20.8 Å². The average Bonchev–Trinajstić information content (AvgIpc) is 2.66. The molecule has 0 aromatic carbocycles. The number of carbonyl (C=O) groups is 2. The molecule has 1 rings (SSSR count). The summed E-state index contributed by atoms with van der Waals surface area (Å²) >= 11 is 1.51. The molecule has 100 valence electrons. The van der Waals surface area contributed by atoms with Gasteiger partial charge in [0.05, 0.1) is 0 Å². The first kappa shape index (κ1) is 14.5. The summed E-state index contributed by atoms with van der Waals surface area (Å²) in [6.07, 6.45) is -0.255. The molecule has 0 saturated heterocycles. The number of nitrogens with one attached hydrogen (secondary N) is 1. The Labute approximate surface area is 110 Å². The SMILES string of the molecule is CC(C)(C)OC(=O)NC(Cc1cccs1)C(N)=O. The van der Waals surface area contributed by atoms with Crippen molar-refractivity contribution in [1.29, 1.82) is 0 Å². The Kier molecular flexibility index (Phi) is 4.72. The van der Waals surface area contributed by atoms with Crippen LogP contribution < -0.4 is 11.1 Å². The van der Waals surface area contributed by atoms with Crippen LogP contribution in [0.15, 0.2) is 17.5 Å². The molecule has 1 unspecified atom stereocenters. The first-order valence-corrected chi connectivity index (χ1v) is 6.47. The molecule has 0 aliphatic carbocycles. The van der Waals surface area contributed by atoms with Crippen LogP contribution in [0.4, 0.5) is 4.79 Å². The summed E-state index contributed by atoms with van der Waals surface area (Å²) in [6, 6.07) is 3.02. The zero-order valence-corrected chi connectivity index (χ0v) is 11.5. The zero-order chi connectivity index (χ0) is 13.8. The van der Waals surface area contributed by atoms with Crippen molar-refractivity contribution < 1.29 is 14.3 Å². The van der Waals surface area contributed by atoms with Gasteiger partial charge in [0, 0.05) is 11.3 Å². The van der Waals surface area contributed by atoms with E-state index in [-0.39, 0.29) is 0 Å². The standard InChI is InChI=1S/C12H18N2O3S/c1-12(2,3)17-11(16)14-9(10(13)15)7-8-5-4-6-18-8/h4-6,9H,7H2,1-3H3,(H2,13,15)(H,14,16). The van der Waals surface area contributed by atoms with E-state index < -0.39 is 23.6 Å². The molecule has 1 atom stereocenters. The van der Waals surface area contributed by atoms with E-state index in [0.717, 1.165) is 4.88 Å². The monoisotopic (exact) mass is 270 g/mol. The lowest BCUT2D eigenvalue weighted by molar-refractivity contribution is -0.120. The number of hydrogen-bond acceptors (Lipinski definition) is 4. The van der Waals surface area contributed by atoms with E-state index in [9.17, 15) is 9.59 Å². The first-order chi connectivity index (χ1) is 8.28. The van der Waals surface area contributed by atoms with E-state index in [4.69, 9.17) is 10.5 Å². The maximum Gasteiger partial charge on any atom is 0.408 e.